The van der Waals surface area contributed by atoms with Gasteiger partial charge in [0.25, 0.3) is 0 Å². The van der Waals surface area contributed by atoms with Crippen molar-refractivity contribution in [1.29, 1.82) is 0 Å². The molecule has 4 rings (SSSR count). The highest BCUT2D eigenvalue weighted by atomic mass is 35.5. The van der Waals surface area contributed by atoms with E-state index in [2.05, 4.69) is 15.6 Å². The first-order chi connectivity index (χ1) is 14.9. The van der Waals surface area contributed by atoms with Gasteiger partial charge in [-0.1, -0.05) is 48.9 Å². The first-order valence-corrected chi connectivity index (χ1v) is 10.6. The van der Waals surface area contributed by atoms with Gasteiger partial charge in [-0.05, 0) is 54.5 Å². The number of aromatic nitrogens is 1. The number of rotatable bonds is 3. The van der Waals surface area contributed by atoms with E-state index < -0.39 is 17.8 Å². The second kappa shape index (κ2) is 9.02. The zero-order valence-electron chi connectivity index (χ0n) is 17.0. The SMILES string of the molecule is C[C@H]1CC[C@@H](NC(=O)Nc2cc(Cl)c(-c3ccccc3)cc2F)c2ccnc(F)c2C1. The molecule has 0 spiro atoms. The van der Waals surface area contributed by atoms with E-state index in [9.17, 15) is 13.6 Å². The van der Waals surface area contributed by atoms with Crippen molar-refractivity contribution >= 4 is 23.3 Å². The van der Waals surface area contributed by atoms with Gasteiger partial charge in [0.2, 0.25) is 5.95 Å². The topological polar surface area (TPSA) is 54.0 Å². The molecule has 2 amide bonds. The molecule has 3 aromatic rings. The summed E-state index contributed by atoms with van der Waals surface area (Å²) in [5, 5.41) is 5.71. The molecule has 1 aromatic heterocycles. The number of carbonyl (C=O) groups is 1. The second-order valence-corrected chi connectivity index (χ2v) is 8.29. The first-order valence-electron chi connectivity index (χ1n) is 10.2. The number of pyridine rings is 1. The molecule has 0 aliphatic heterocycles. The third-order valence-corrected chi connectivity index (χ3v) is 5.92. The van der Waals surface area contributed by atoms with Gasteiger partial charge >= 0.3 is 6.03 Å². The van der Waals surface area contributed by atoms with E-state index in [1.807, 2.05) is 37.3 Å². The average Bonchev–Trinajstić information content (AvgIpc) is 2.91. The lowest BCUT2D eigenvalue weighted by atomic mass is 9.99. The number of urea groups is 1. The van der Waals surface area contributed by atoms with Crippen LogP contribution in [0.5, 0.6) is 0 Å². The minimum Gasteiger partial charge on any atom is -0.331 e. The summed E-state index contributed by atoms with van der Waals surface area (Å²) in [7, 11) is 0. The smallest absolute Gasteiger partial charge is 0.319 e. The minimum absolute atomic E-state index is 0.0229. The molecule has 1 aliphatic carbocycles. The minimum atomic E-state index is -0.594. The Morgan fingerprint density at radius 1 is 1.13 bits per heavy atom. The summed E-state index contributed by atoms with van der Waals surface area (Å²) < 4.78 is 29.0. The number of halogens is 3. The highest BCUT2D eigenvalue weighted by Gasteiger charge is 2.26. The Hall–Kier alpha value is -2.99. The number of benzene rings is 2. The van der Waals surface area contributed by atoms with Gasteiger partial charge in [-0.25, -0.2) is 14.2 Å². The van der Waals surface area contributed by atoms with Crippen molar-refractivity contribution in [1.82, 2.24) is 10.3 Å². The number of amides is 2. The predicted molar refractivity (Wildman–Crippen MR) is 118 cm³/mol. The number of hydrogen-bond donors (Lipinski definition) is 2. The molecule has 0 unspecified atom stereocenters. The van der Waals surface area contributed by atoms with Crippen molar-refractivity contribution in [2.45, 2.75) is 32.2 Å². The molecular formula is C24H22ClF2N3O. The lowest BCUT2D eigenvalue weighted by Gasteiger charge is -2.20. The van der Waals surface area contributed by atoms with E-state index in [4.69, 9.17) is 11.6 Å². The van der Waals surface area contributed by atoms with Crippen molar-refractivity contribution < 1.29 is 13.6 Å². The lowest BCUT2D eigenvalue weighted by molar-refractivity contribution is 0.247. The molecule has 7 heteroatoms. The Morgan fingerprint density at radius 3 is 2.68 bits per heavy atom. The third kappa shape index (κ3) is 4.69. The summed E-state index contributed by atoms with van der Waals surface area (Å²) >= 11 is 6.35. The van der Waals surface area contributed by atoms with Crippen LogP contribution < -0.4 is 10.6 Å². The largest absolute Gasteiger partial charge is 0.331 e. The van der Waals surface area contributed by atoms with Crippen LogP contribution in [0, 0.1) is 17.7 Å². The van der Waals surface area contributed by atoms with Gasteiger partial charge in [-0.3, -0.25) is 0 Å². The maximum absolute atomic E-state index is 14.7. The number of carbonyl (C=O) groups excluding carboxylic acids is 1. The van der Waals surface area contributed by atoms with Crippen LogP contribution in [-0.4, -0.2) is 11.0 Å². The number of hydrogen-bond acceptors (Lipinski definition) is 2. The molecule has 0 saturated heterocycles. The Balaban J connectivity index is 1.53. The summed E-state index contributed by atoms with van der Waals surface area (Å²) in [6.45, 7) is 2.05. The molecule has 0 bridgehead atoms. The fraction of sp³-hybridized carbons (Fsp3) is 0.250. The monoisotopic (exact) mass is 441 g/mol. The van der Waals surface area contributed by atoms with Crippen LogP contribution in [0.3, 0.4) is 0 Å². The number of nitrogens with one attached hydrogen (secondary N) is 2. The number of anilines is 1. The normalized spacial score (nSPS) is 18.1. The fourth-order valence-corrected chi connectivity index (χ4v) is 4.29. The molecule has 0 saturated carbocycles. The van der Waals surface area contributed by atoms with Crippen molar-refractivity contribution in [2.24, 2.45) is 5.92 Å². The van der Waals surface area contributed by atoms with Crippen molar-refractivity contribution in [3.05, 3.63) is 82.6 Å². The summed E-state index contributed by atoms with van der Waals surface area (Å²) in [5.74, 6) is -0.828. The summed E-state index contributed by atoms with van der Waals surface area (Å²) in [5.41, 5.74) is 2.54. The molecule has 2 N–H and O–H groups in total. The molecule has 160 valence electrons. The van der Waals surface area contributed by atoms with E-state index in [1.54, 1.807) is 6.07 Å². The molecule has 0 radical (unpaired) electrons. The Labute approximate surface area is 184 Å². The Bertz CT molecular complexity index is 1110. The highest BCUT2D eigenvalue weighted by molar-refractivity contribution is 6.33. The van der Waals surface area contributed by atoms with E-state index in [0.717, 1.165) is 12.0 Å². The Morgan fingerprint density at radius 2 is 1.90 bits per heavy atom. The van der Waals surface area contributed by atoms with E-state index in [0.29, 0.717) is 34.6 Å². The van der Waals surface area contributed by atoms with Crippen LogP contribution in [0.15, 0.2) is 54.7 Å². The first kappa shape index (κ1) is 21.2. The molecule has 31 heavy (non-hydrogen) atoms. The fourth-order valence-electron chi connectivity index (χ4n) is 4.01. The van der Waals surface area contributed by atoms with Gasteiger partial charge in [0.15, 0.2) is 0 Å². The molecule has 0 fully saturated rings. The summed E-state index contributed by atoms with van der Waals surface area (Å²) in [6.07, 6.45) is 3.45. The van der Waals surface area contributed by atoms with Gasteiger partial charge < -0.3 is 10.6 Å². The zero-order valence-corrected chi connectivity index (χ0v) is 17.7. The molecule has 1 heterocycles. The van der Waals surface area contributed by atoms with E-state index in [1.165, 1.54) is 18.3 Å². The van der Waals surface area contributed by atoms with Crippen LogP contribution >= 0.6 is 11.6 Å². The van der Waals surface area contributed by atoms with Crippen molar-refractivity contribution in [3.8, 4) is 11.1 Å². The van der Waals surface area contributed by atoms with Gasteiger partial charge in [-0.2, -0.15) is 4.39 Å². The van der Waals surface area contributed by atoms with Gasteiger partial charge in [-0.15, -0.1) is 0 Å². The van der Waals surface area contributed by atoms with E-state index in [-0.39, 0.29) is 17.6 Å². The van der Waals surface area contributed by atoms with Crippen LogP contribution in [0.2, 0.25) is 5.02 Å². The van der Waals surface area contributed by atoms with Gasteiger partial charge in [0, 0.05) is 17.3 Å². The standard InChI is InChI=1S/C24H22ClF2N3O/c1-14-7-8-21(16-9-10-28-23(27)18(16)11-14)29-24(31)30-22-13-19(25)17(12-20(22)26)15-5-3-2-4-6-15/h2-6,9-10,12-14,21H,7-8,11H2,1H3,(H2,29,30,31)/t14-,21+/m0/s1. The quantitative estimate of drug-likeness (QED) is 0.359. The summed E-state index contributed by atoms with van der Waals surface area (Å²) in [4.78, 5) is 16.4. The molecular weight excluding hydrogens is 420 g/mol. The maximum Gasteiger partial charge on any atom is 0.319 e. The van der Waals surface area contributed by atoms with Gasteiger partial charge in [0.1, 0.15) is 5.82 Å². The van der Waals surface area contributed by atoms with Crippen molar-refractivity contribution in [2.75, 3.05) is 5.32 Å². The number of nitrogens with zero attached hydrogens (tertiary/aromatic N) is 1. The number of fused-ring (bicyclic) bond motifs is 1. The highest BCUT2D eigenvalue weighted by Crippen LogP contribution is 2.34. The average molecular weight is 442 g/mol. The van der Waals surface area contributed by atoms with Crippen LogP contribution in [0.4, 0.5) is 19.3 Å². The second-order valence-electron chi connectivity index (χ2n) is 7.89. The predicted octanol–water partition coefficient (Wildman–Crippen LogP) is 6.52. The van der Waals surface area contributed by atoms with Crippen LogP contribution in [-0.2, 0) is 6.42 Å². The molecule has 2 aromatic carbocycles. The summed E-state index contributed by atoms with van der Waals surface area (Å²) in [6, 6.07) is 12.7. The Kier molecular flexibility index (Phi) is 6.18. The van der Waals surface area contributed by atoms with Crippen LogP contribution in [0.1, 0.15) is 36.9 Å². The lowest BCUT2D eigenvalue weighted by Crippen LogP contribution is -2.33. The van der Waals surface area contributed by atoms with Gasteiger partial charge in [0.05, 0.1) is 16.8 Å². The molecule has 4 nitrogen and oxygen atoms in total. The zero-order chi connectivity index (χ0) is 22.0. The van der Waals surface area contributed by atoms with Crippen LogP contribution in [0.25, 0.3) is 11.1 Å². The third-order valence-electron chi connectivity index (χ3n) is 5.61. The maximum atomic E-state index is 14.7. The molecule has 2 atom stereocenters. The molecule has 1 aliphatic rings. The van der Waals surface area contributed by atoms with Crippen molar-refractivity contribution in [3.63, 3.8) is 0 Å². The van der Waals surface area contributed by atoms with E-state index >= 15 is 0 Å².